The van der Waals surface area contributed by atoms with Crippen molar-refractivity contribution in [2.24, 2.45) is 0 Å². The minimum Gasteiger partial charge on any atom is -0.448 e. The van der Waals surface area contributed by atoms with Gasteiger partial charge in [0.15, 0.2) is 9.84 Å². The lowest BCUT2D eigenvalue weighted by atomic mass is 10.1. The Bertz CT molecular complexity index is 642. The SMILES string of the molecule is CCCCNC(=O)C(C)(CS(=O)(=O)c1ccccc1)OC(C)=O. The molecule has 0 aliphatic heterocycles. The van der Waals surface area contributed by atoms with E-state index in [0.717, 1.165) is 19.8 Å². The maximum Gasteiger partial charge on any atom is 0.303 e. The number of carbonyl (C=O) groups is 2. The Balaban J connectivity index is 3.02. The van der Waals surface area contributed by atoms with E-state index in [-0.39, 0.29) is 4.90 Å². The smallest absolute Gasteiger partial charge is 0.303 e. The summed E-state index contributed by atoms with van der Waals surface area (Å²) in [6, 6.07) is 7.77. The van der Waals surface area contributed by atoms with Crippen LogP contribution in [0.4, 0.5) is 0 Å². The Morgan fingerprint density at radius 2 is 1.83 bits per heavy atom. The van der Waals surface area contributed by atoms with Crippen molar-refractivity contribution >= 4 is 21.7 Å². The van der Waals surface area contributed by atoms with Gasteiger partial charge in [-0.25, -0.2) is 8.42 Å². The summed E-state index contributed by atoms with van der Waals surface area (Å²) in [5.41, 5.74) is -1.77. The molecule has 128 valence electrons. The van der Waals surface area contributed by atoms with Gasteiger partial charge in [-0.15, -0.1) is 0 Å². The predicted octanol–water partition coefficient (Wildman–Crippen LogP) is 1.70. The number of benzene rings is 1. The topological polar surface area (TPSA) is 89.5 Å². The first kappa shape index (κ1) is 19.2. The normalized spacial score (nSPS) is 13.9. The van der Waals surface area contributed by atoms with Crippen LogP contribution in [0.1, 0.15) is 33.6 Å². The Labute approximate surface area is 137 Å². The maximum absolute atomic E-state index is 12.5. The fraction of sp³-hybridized carbons (Fsp3) is 0.500. The zero-order valence-electron chi connectivity index (χ0n) is 13.7. The first-order valence-corrected chi connectivity index (χ1v) is 9.12. The molecule has 1 amide bonds. The third-order valence-electron chi connectivity index (χ3n) is 3.23. The van der Waals surface area contributed by atoms with E-state index in [1.54, 1.807) is 18.2 Å². The molecule has 0 saturated heterocycles. The lowest BCUT2D eigenvalue weighted by Gasteiger charge is -2.27. The molecular weight excluding hydrogens is 318 g/mol. The van der Waals surface area contributed by atoms with E-state index in [4.69, 9.17) is 4.74 Å². The molecule has 7 heteroatoms. The second-order valence-electron chi connectivity index (χ2n) is 5.51. The molecule has 1 N–H and O–H groups in total. The molecule has 6 nitrogen and oxygen atoms in total. The molecule has 1 atom stereocenters. The first-order chi connectivity index (χ1) is 10.7. The van der Waals surface area contributed by atoms with Crippen LogP contribution < -0.4 is 5.32 Å². The van der Waals surface area contributed by atoms with Gasteiger partial charge in [0.05, 0.1) is 4.90 Å². The zero-order valence-corrected chi connectivity index (χ0v) is 14.5. The quantitative estimate of drug-likeness (QED) is 0.574. The average molecular weight is 341 g/mol. The summed E-state index contributed by atoms with van der Waals surface area (Å²) in [6.45, 7) is 4.83. The van der Waals surface area contributed by atoms with Crippen molar-refractivity contribution in [3.63, 3.8) is 0 Å². The van der Waals surface area contributed by atoms with Crippen LogP contribution in [0.2, 0.25) is 0 Å². The highest BCUT2D eigenvalue weighted by Crippen LogP contribution is 2.20. The van der Waals surface area contributed by atoms with Gasteiger partial charge in [0.2, 0.25) is 5.60 Å². The fourth-order valence-electron chi connectivity index (χ4n) is 2.10. The highest BCUT2D eigenvalue weighted by molar-refractivity contribution is 7.91. The van der Waals surface area contributed by atoms with Gasteiger partial charge >= 0.3 is 5.97 Å². The molecule has 0 spiro atoms. The minimum atomic E-state index is -3.78. The molecule has 0 bridgehead atoms. The Morgan fingerprint density at radius 3 is 2.35 bits per heavy atom. The standard InChI is InChI=1S/C16H23NO5S/c1-4-5-11-17-15(19)16(3,22-13(2)18)12-23(20,21)14-9-7-6-8-10-14/h6-10H,4-5,11-12H2,1-3H3,(H,17,19). The second kappa shape index (κ2) is 8.10. The van der Waals surface area contributed by atoms with Gasteiger partial charge in [0.25, 0.3) is 5.91 Å². The van der Waals surface area contributed by atoms with E-state index in [1.165, 1.54) is 19.1 Å². The summed E-state index contributed by atoms with van der Waals surface area (Å²) in [7, 11) is -3.78. The molecule has 1 aromatic carbocycles. The van der Waals surface area contributed by atoms with Crippen LogP contribution in [0.3, 0.4) is 0 Å². The van der Waals surface area contributed by atoms with Crippen LogP contribution in [0.25, 0.3) is 0 Å². The number of amides is 1. The van der Waals surface area contributed by atoms with Crippen molar-refractivity contribution in [1.29, 1.82) is 0 Å². The van der Waals surface area contributed by atoms with Crippen molar-refractivity contribution in [3.8, 4) is 0 Å². The zero-order chi connectivity index (χ0) is 17.5. The Hall–Kier alpha value is -1.89. The lowest BCUT2D eigenvalue weighted by Crippen LogP contribution is -2.52. The number of sulfone groups is 1. The summed E-state index contributed by atoms with van der Waals surface area (Å²) in [5.74, 6) is -1.93. The summed E-state index contributed by atoms with van der Waals surface area (Å²) >= 11 is 0. The molecule has 0 aliphatic carbocycles. The molecule has 1 rings (SSSR count). The van der Waals surface area contributed by atoms with Crippen LogP contribution in [0.15, 0.2) is 35.2 Å². The molecule has 0 fully saturated rings. The number of ether oxygens (including phenoxy) is 1. The summed E-state index contributed by atoms with van der Waals surface area (Å²) in [5, 5.41) is 2.62. The van der Waals surface area contributed by atoms with Crippen molar-refractivity contribution < 1.29 is 22.7 Å². The van der Waals surface area contributed by atoms with Gasteiger partial charge < -0.3 is 10.1 Å². The van der Waals surface area contributed by atoms with Crippen molar-refractivity contribution in [3.05, 3.63) is 30.3 Å². The third-order valence-corrected chi connectivity index (χ3v) is 5.15. The molecule has 0 saturated carbocycles. The maximum atomic E-state index is 12.5. The van der Waals surface area contributed by atoms with Crippen LogP contribution in [-0.4, -0.2) is 38.2 Å². The van der Waals surface area contributed by atoms with Gasteiger partial charge in [0.1, 0.15) is 5.75 Å². The van der Waals surface area contributed by atoms with Gasteiger partial charge in [-0.05, 0) is 25.5 Å². The molecule has 23 heavy (non-hydrogen) atoms. The van der Waals surface area contributed by atoms with Crippen LogP contribution in [0.5, 0.6) is 0 Å². The van der Waals surface area contributed by atoms with E-state index >= 15 is 0 Å². The van der Waals surface area contributed by atoms with Gasteiger partial charge in [-0.3, -0.25) is 9.59 Å². The molecule has 0 heterocycles. The average Bonchev–Trinajstić information content (AvgIpc) is 2.47. The van der Waals surface area contributed by atoms with Crippen molar-refractivity contribution in [1.82, 2.24) is 5.32 Å². The highest BCUT2D eigenvalue weighted by Gasteiger charge is 2.41. The van der Waals surface area contributed by atoms with Crippen molar-refractivity contribution in [2.75, 3.05) is 12.3 Å². The van der Waals surface area contributed by atoms with Crippen LogP contribution in [-0.2, 0) is 24.2 Å². The van der Waals surface area contributed by atoms with E-state index < -0.39 is 33.1 Å². The number of hydrogen-bond donors (Lipinski definition) is 1. The Kier molecular flexibility index (Phi) is 6.75. The number of rotatable bonds is 8. The Morgan fingerprint density at radius 1 is 1.22 bits per heavy atom. The third kappa shape index (κ3) is 5.67. The fourth-order valence-corrected chi connectivity index (χ4v) is 3.75. The number of nitrogens with one attached hydrogen (secondary N) is 1. The number of hydrogen-bond acceptors (Lipinski definition) is 5. The minimum absolute atomic E-state index is 0.0831. The van der Waals surface area contributed by atoms with Gasteiger partial charge in [0, 0.05) is 13.5 Å². The highest BCUT2D eigenvalue weighted by atomic mass is 32.2. The number of esters is 1. The van der Waals surface area contributed by atoms with E-state index in [1.807, 2.05) is 6.92 Å². The second-order valence-corrected chi connectivity index (χ2v) is 7.50. The van der Waals surface area contributed by atoms with E-state index in [0.29, 0.717) is 6.54 Å². The van der Waals surface area contributed by atoms with Gasteiger partial charge in [-0.1, -0.05) is 31.5 Å². The van der Waals surface area contributed by atoms with Crippen LogP contribution in [0, 0.1) is 0 Å². The largest absolute Gasteiger partial charge is 0.448 e. The van der Waals surface area contributed by atoms with Crippen molar-refractivity contribution in [2.45, 2.75) is 44.1 Å². The number of unbranched alkanes of at least 4 members (excludes halogenated alkanes) is 1. The van der Waals surface area contributed by atoms with Crippen LogP contribution >= 0.6 is 0 Å². The first-order valence-electron chi connectivity index (χ1n) is 7.47. The van der Waals surface area contributed by atoms with Gasteiger partial charge in [-0.2, -0.15) is 0 Å². The number of carbonyl (C=O) groups excluding carboxylic acids is 2. The molecule has 1 unspecified atom stereocenters. The molecule has 0 aromatic heterocycles. The van der Waals surface area contributed by atoms with E-state index in [2.05, 4.69) is 5.32 Å². The predicted molar refractivity (Wildman–Crippen MR) is 86.6 cm³/mol. The lowest BCUT2D eigenvalue weighted by molar-refractivity contribution is -0.162. The summed E-state index contributed by atoms with van der Waals surface area (Å²) in [6.07, 6.45) is 1.64. The molecule has 1 aromatic rings. The monoisotopic (exact) mass is 341 g/mol. The summed E-state index contributed by atoms with van der Waals surface area (Å²) in [4.78, 5) is 23.7. The molecule has 0 radical (unpaired) electrons. The molecular formula is C16H23NO5S. The summed E-state index contributed by atoms with van der Waals surface area (Å²) < 4.78 is 30.0. The molecule has 0 aliphatic rings. The van der Waals surface area contributed by atoms with E-state index in [9.17, 15) is 18.0 Å².